The lowest BCUT2D eigenvalue weighted by molar-refractivity contribution is -0.0000988. The Morgan fingerprint density at radius 1 is 1.37 bits per heavy atom. The summed E-state index contributed by atoms with van der Waals surface area (Å²) in [5.74, 6) is -1.66. The molecular formula is C14H13F2NO2. The van der Waals surface area contributed by atoms with E-state index < -0.39 is 34.8 Å². The minimum absolute atomic E-state index is 0.0888. The minimum atomic E-state index is -1.51. The summed E-state index contributed by atoms with van der Waals surface area (Å²) in [4.78, 5) is 0. The molecule has 2 saturated heterocycles. The number of halogens is 2. The topological polar surface area (TPSA) is 53.2 Å². The van der Waals surface area contributed by atoms with Crippen molar-refractivity contribution in [3.8, 4) is 6.07 Å². The molecule has 4 atom stereocenters. The molecular weight excluding hydrogens is 252 g/mol. The highest BCUT2D eigenvalue weighted by atomic mass is 19.1. The van der Waals surface area contributed by atoms with E-state index in [0.717, 1.165) is 18.6 Å². The number of hydrogen-bond acceptors (Lipinski definition) is 3. The lowest BCUT2D eigenvalue weighted by atomic mass is 9.69. The summed E-state index contributed by atoms with van der Waals surface area (Å²) in [7, 11) is 0. The smallest absolute Gasteiger partial charge is 0.132 e. The van der Waals surface area contributed by atoms with Crippen LogP contribution in [0.1, 0.15) is 30.9 Å². The standard InChI is InChI=1S/C14H13F2NO2/c15-9-2-1-3-10(16)12(9)13(18)14(7-17)6-8-4-5-11(14)19-8/h1-3,8,11,13,18H,4-6H2. The normalized spacial score (nSPS) is 34.2. The number of rotatable bonds is 2. The first-order valence-electron chi connectivity index (χ1n) is 6.27. The summed E-state index contributed by atoms with van der Waals surface area (Å²) in [6.07, 6.45) is -0.241. The van der Waals surface area contributed by atoms with Crippen LogP contribution in [-0.2, 0) is 4.74 Å². The third kappa shape index (κ3) is 1.67. The van der Waals surface area contributed by atoms with Gasteiger partial charge in [-0.2, -0.15) is 5.26 Å². The summed E-state index contributed by atoms with van der Waals surface area (Å²) >= 11 is 0. The largest absolute Gasteiger partial charge is 0.386 e. The number of benzene rings is 1. The predicted octanol–water partition coefficient (Wildman–Crippen LogP) is 2.46. The van der Waals surface area contributed by atoms with Crippen LogP contribution in [0.3, 0.4) is 0 Å². The number of nitriles is 1. The molecule has 0 radical (unpaired) electrons. The van der Waals surface area contributed by atoms with Gasteiger partial charge in [-0.25, -0.2) is 8.78 Å². The van der Waals surface area contributed by atoms with Crippen molar-refractivity contribution in [3.63, 3.8) is 0 Å². The van der Waals surface area contributed by atoms with Gasteiger partial charge < -0.3 is 9.84 Å². The van der Waals surface area contributed by atoms with Crippen LogP contribution in [0.15, 0.2) is 18.2 Å². The Labute approximate surface area is 109 Å². The number of ether oxygens (including phenoxy) is 1. The van der Waals surface area contributed by atoms with Gasteiger partial charge in [0, 0.05) is 0 Å². The van der Waals surface area contributed by atoms with Crippen LogP contribution in [0, 0.1) is 28.4 Å². The molecule has 0 aromatic heterocycles. The first-order valence-corrected chi connectivity index (χ1v) is 6.27. The zero-order valence-corrected chi connectivity index (χ0v) is 10.1. The molecule has 2 heterocycles. The quantitative estimate of drug-likeness (QED) is 0.893. The molecule has 19 heavy (non-hydrogen) atoms. The summed E-state index contributed by atoms with van der Waals surface area (Å²) in [6, 6.07) is 5.45. The third-order valence-electron chi connectivity index (χ3n) is 4.22. The van der Waals surface area contributed by atoms with E-state index in [0.29, 0.717) is 12.8 Å². The number of nitrogens with zero attached hydrogens (tertiary/aromatic N) is 1. The molecule has 0 saturated carbocycles. The van der Waals surface area contributed by atoms with Crippen molar-refractivity contribution in [1.29, 1.82) is 5.26 Å². The molecule has 0 amide bonds. The second-order valence-electron chi connectivity index (χ2n) is 5.22. The summed E-state index contributed by atoms with van der Waals surface area (Å²) in [6.45, 7) is 0. The SMILES string of the molecule is N#CC1(C(O)c2c(F)cccc2F)CC2CCC1O2. The maximum Gasteiger partial charge on any atom is 0.132 e. The average Bonchev–Trinajstić information content (AvgIpc) is 2.99. The molecule has 1 N–H and O–H groups in total. The van der Waals surface area contributed by atoms with Crippen molar-refractivity contribution in [2.75, 3.05) is 0 Å². The van der Waals surface area contributed by atoms with Crippen molar-refractivity contribution in [2.24, 2.45) is 5.41 Å². The summed E-state index contributed by atoms with van der Waals surface area (Å²) in [5.41, 5.74) is -1.67. The lowest BCUT2D eigenvalue weighted by Gasteiger charge is -2.33. The van der Waals surface area contributed by atoms with Gasteiger partial charge in [-0.1, -0.05) is 6.07 Å². The highest BCUT2D eigenvalue weighted by Crippen LogP contribution is 2.54. The molecule has 3 rings (SSSR count). The maximum atomic E-state index is 13.8. The van der Waals surface area contributed by atoms with Crippen molar-refractivity contribution >= 4 is 0 Å². The van der Waals surface area contributed by atoms with Crippen LogP contribution in [-0.4, -0.2) is 17.3 Å². The van der Waals surface area contributed by atoms with Gasteiger partial charge in [0.1, 0.15) is 23.2 Å². The van der Waals surface area contributed by atoms with Crippen molar-refractivity contribution < 1.29 is 18.6 Å². The summed E-state index contributed by atoms with van der Waals surface area (Å²) < 4.78 is 33.1. The van der Waals surface area contributed by atoms with E-state index >= 15 is 0 Å². The van der Waals surface area contributed by atoms with Crippen LogP contribution in [0.25, 0.3) is 0 Å². The number of fused-ring (bicyclic) bond motifs is 2. The third-order valence-corrected chi connectivity index (χ3v) is 4.22. The Bertz CT molecular complexity index is 537. The van der Waals surface area contributed by atoms with E-state index in [9.17, 15) is 19.1 Å². The first kappa shape index (κ1) is 12.5. The Morgan fingerprint density at radius 2 is 2.05 bits per heavy atom. The highest BCUT2D eigenvalue weighted by molar-refractivity contribution is 5.29. The van der Waals surface area contributed by atoms with E-state index in [4.69, 9.17) is 4.74 Å². The van der Waals surface area contributed by atoms with Crippen LogP contribution in [0.4, 0.5) is 8.78 Å². The fraction of sp³-hybridized carbons (Fsp3) is 0.500. The van der Waals surface area contributed by atoms with Gasteiger partial charge in [0.05, 0.1) is 23.8 Å². The second-order valence-corrected chi connectivity index (χ2v) is 5.22. The number of aliphatic hydroxyl groups excluding tert-OH is 1. The Kier molecular flexibility index (Phi) is 2.80. The molecule has 0 aliphatic carbocycles. The predicted molar refractivity (Wildman–Crippen MR) is 61.9 cm³/mol. The number of hydrogen-bond donors (Lipinski definition) is 1. The maximum absolute atomic E-state index is 13.8. The molecule has 100 valence electrons. The molecule has 3 nitrogen and oxygen atoms in total. The van der Waals surface area contributed by atoms with E-state index in [1.807, 2.05) is 0 Å². The van der Waals surface area contributed by atoms with Gasteiger partial charge in [-0.15, -0.1) is 0 Å². The Balaban J connectivity index is 2.04. The highest BCUT2D eigenvalue weighted by Gasteiger charge is 2.58. The van der Waals surface area contributed by atoms with Crippen LogP contribution in [0.2, 0.25) is 0 Å². The minimum Gasteiger partial charge on any atom is -0.386 e. The fourth-order valence-corrected chi connectivity index (χ4v) is 3.24. The second kappa shape index (κ2) is 4.26. The van der Waals surface area contributed by atoms with Crippen LogP contribution < -0.4 is 0 Å². The zero-order chi connectivity index (χ0) is 13.6. The van der Waals surface area contributed by atoms with Crippen molar-refractivity contribution in [2.45, 2.75) is 37.6 Å². The van der Waals surface area contributed by atoms with Gasteiger partial charge >= 0.3 is 0 Å². The fourth-order valence-electron chi connectivity index (χ4n) is 3.24. The monoisotopic (exact) mass is 265 g/mol. The molecule has 4 unspecified atom stereocenters. The molecule has 5 heteroatoms. The molecule has 2 fully saturated rings. The molecule has 2 aliphatic heterocycles. The molecule has 2 bridgehead atoms. The van der Waals surface area contributed by atoms with E-state index in [1.165, 1.54) is 6.07 Å². The number of aliphatic hydroxyl groups is 1. The Hall–Kier alpha value is -1.51. The van der Waals surface area contributed by atoms with E-state index in [2.05, 4.69) is 6.07 Å². The van der Waals surface area contributed by atoms with E-state index in [1.54, 1.807) is 0 Å². The lowest BCUT2D eigenvalue weighted by Crippen LogP contribution is -2.38. The molecule has 1 aromatic carbocycles. The van der Waals surface area contributed by atoms with Gasteiger partial charge in [-0.3, -0.25) is 0 Å². The van der Waals surface area contributed by atoms with Crippen molar-refractivity contribution in [3.05, 3.63) is 35.4 Å². The van der Waals surface area contributed by atoms with Crippen LogP contribution >= 0.6 is 0 Å². The van der Waals surface area contributed by atoms with Gasteiger partial charge in [0.25, 0.3) is 0 Å². The molecule has 0 spiro atoms. The van der Waals surface area contributed by atoms with Crippen molar-refractivity contribution in [1.82, 2.24) is 0 Å². The summed E-state index contributed by atoms with van der Waals surface area (Å²) in [5, 5.41) is 19.8. The zero-order valence-electron chi connectivity index (χ0n) is 10.1. The first-order chi connectivity index (χ1) is 9.08. The molecule has 1 aromatic rings. The van der Waals surface area contributed by atoms with E-state index in [-0.39, 0.29) is 6.10 Å². The van der Waals surface area contributed by atoms with Gasteiger partial charge in [0.15, 0.2) is 0 Å². The Morgan fingerprint density at radius 3 is 2.53 bits per heavy atom. The van der Waals surface area contributed by atoms with Gasteiger partial charge in [0.2, 0.25) is 0 Å². The average molecular weight is 265 g/mol. The molecule has 2 aliphatic rings. The van der Waals surface area contributed by atoms with Crippen LogP contribution in [0.5, 0.6) is 0 Å². The van der Waals surface area contributed by atoms with Gasteiger partial charge in [-0.05, 0) is 31.4 Å².